The lowest BCUT2D eigenvalue weighted by molar-refractivity contribution is 0.102. The van der Waals surface area contributed by atoms with Crippen molar-refractivity contribution in [1.29, 1.82) is 0 Å². The summed E-state index contributed by atoms with van der Waals surface area (Å²) in [6.45, 7) is 12.2. The van der Waals surface area contributed by atoms with E-state index in [4.69, 9.17) is 4.42 Å². The summed E-state index contributed by atoms with van der Waals surface area (Å²) < 4.78 is 5.69. The molecule has 0 fully saturated rings. The molecule has 3 rings (SSSR count). The maximum Gasteiger partial charge on any atom is 0.255 e. The molecule has 5 nitrogen and oxygen atoms in total. The molecule has 5 heteroatoms. The molecule has 0 saturated carbocycles. The fourth-order valence-corrected chi connectivity index (χ4v) is 3.19. The number of hydrogen-bond acceptors (Lipinski definition) is 4. The van der Waals surface area contributed by atoms with Crippen LogP contribution in [0.5, 0.6) is 0 Å². The highest BCUT2D eigenvalue weighted by Crippen LogP contribution is 2.24. The fourth-order valence-electron chi connectivity index (χ4n) is 3.19. The second kappa shape index (κ2) is 9.05. The van der Waals surface area contributed by atoms with Crippen LogP contribution in [0.1, 0.15) is 48.1 Å². The molecule has 29 heavy (non-hydrogen) atoms. The molecule has 1 heterocycles. The zero-order valence-electron chi connectivity index (χ0n) is 17.8. The number of carbonyl (C=O) groups is 1. The van der Waals surface area contributed by atoms with Gasteiger partial charge in [-0.2, -0.15) is 0 Å². The fraction of sp³-hybridized carbons (Fsp3) is 0.333. The van der Waals surface area contributed by atoms with Gasteiger partial charge in [-0.15, -0.1) is 0 Å². The normalized spacial score (nSPS) is 11.3. The Morgan fingerprint density at radius 2 is 1.86 bits per heavy atom. The number of aromatic nitrogens is 1. The van der Waals surface area contributed by atoms with Crippen molar-refractivity contribution in [2.75, 3.05) is 11.9 Å². The molecule has 0 atom stereocenters. The van der Waals surface area contributed by atoms with Crippen LogP contribution in [-0.2, 0) is 6.54 Å². The van der Waals surface area contributed by atoms with Crippen molar-refractivity contribution in [3.63, 3.8) is 0 Å². The number of rotatable bonds is 7. The number of nitrogens with zero attached hydrogens (tertiary/aromatic N) is 2. The summed E-state index contributed by atoms with van der Waals surface area (Å²) in [6, 6.07) is 15.8. The first-order valence-corrected chi connectivity index (χ1v) is 10.1. The molecule has 1 amide bonds. The minimum Gasteiger partial charge on any atom is -0.441 e. The summed E-state index contributed by atoms with van der Waals surface area (Å²) in [6.07, 6.45) is 0. The van der Waals surface area contributed by atoms with Crippen LogP contribution in [0.3, 0.4) is 0 Å². The van der Waals surface area contributed by atoms with E-state index in [0.29, 0.717) is 23.2 Å². The molecule has 0 radical (unpaired) electrons. The Morgan fingerprint density at radius 3 is 2.45 bits per heavy atom. The summed E-state index contributed by atoms with van der Waals surface area (Å²) in [5.41, 5.74) is 4.25. The van der Waals surface area contributed by atoms with E-state index in [1.165, 1.54) is 5.56 Å². The number of hydrogen-bond donors (Lipinski definition) is 1. The van der Waals surface area contributed by atoms with Crippen molar-refractivity contribution in [3.8, 4) is 11.5 Å². The van der Waals surface area contributed by atoms with Crippen LogP contribution in [-0.4, -0.2) is 28.4 Å². The molecule has 0 aliphatic carbocycles. The molecule has 0 spiro atoms. The third-order valence-electron chi connectivity index (χ3n) is 5.13. The van der Waals surface area contributed by atoms with E-state index in [-0.39, 0.29) is 5.91 Å². The highest BCUT2D eigenvalue weighted by molar-refractivity contribution is 6.04. The van der Waals surface area contributed by atoms with Crippen molar-refractivity contribution >= 4 is 11.6 Å². The van der Waals surface area contributed by atoms with Crippen molar-refractivity contribution in [2.24, 2.45) is 0 Å². The van der Waals surface area contributed by atoms with E-state index < -0.39 is 0 Å². The number of aryl methyl sites for hydroxylation is 2. The van der Waals surface area contributed by atoms with E-state index >= 15 is 0 Å². The molecular weight excluding hydrogens is 362 g/mol. The Balaban J connectivity index is 1.69. The molecule has 0 aliphatic rings. The maximum absolute atomic E-state index is 12.7. The molecule has 1 N–H and O–H groups in total. The van der Waals surface area contributed by atoms with Crippen LogP contribution in [0.15, 0.2) is 52.9 Å². The van der Waals surface area contributed by atoms with Gasteiger partial charge in [0.15, 0.2) is 0 Å². The largest absolute Gasteiger partial charge is 0.441 e. The van der Waals surface area contributed by atoms with Crippen molar-refractivity contribution in [3.05, 3.63) is 71.1 Å². The number of amides is 1. The van der Waals surface area contributed by atoms with Gasteiger partial charge in [0.05, 0.1) is 5.69 Å². The second-order valence-electron chi connectivity index (χ2n) is 7.55. The third-order valence-corrected chi connectivity index (χ3v) is 5.13. The molecule has 0 bridgehead atoms. The predicted molar refractivity (Wildman–Crippen MR) is 117 cm³/mol. The van der Waals surface area contributed by atoms with Gasteiger partial charge in [0, 0.05) is 29.4 Å². The van der Waals surface area contributed by atoms with Gasteiger partial charge in [-0.25, -0.2) is 4.98 Å². The Bertz CT molecular complexity index is 955. The SMILES string of the molecule is CCN(Cc1ccc(C(=O)Nc2cccc(-c3nc(C)c(C)o3)c2)cc1)C(C)C. The lowest BCUT2D eigenvalue weighted by Crippen LogP contribution is -2.29. The minimum atomic E-state index is -0.135. The van der Waals surface area contributed by atoms with E-state index in [2.05, 4.69) is 36.0 Å². The van der Waals surface area contributed by atoms with Gasteiger partial charge in [-0.05, 0) is 70.1 Å². The zero-order chi connectivity index (χ0) is 21.0. The first-order chi connectivity index (χ1) is 13.9. The molecule has 152 valence electrons. The highest BCUT2D eigenvalue weighted by Gasteiger charge is 2.12. The smallest absolute Gasteiger partial charge is 0.255 e. The average Bonchev–Trinajstić information content (AvgIpc) is 3.05. The van der Waals surface area contributed by atoms with Crippen LogP contribution in [0.25, 0.3) is 11.5 Å². The summed E-state index contributed by atoms with van der Waals surface area (Å²) in [5.74, 6) is 1.23. The van der Waals surface area contributed by atoms with Gasteiger partial charge in [-0.3, -0.25) is 9.69 Å². The van der Waals surface area contributed by atoms with Crippen LogP contribution >= 0.6 is 0 Å². The van der Waals surface area contributed by atoms with Gasteiger partial charge < -0.3 is 9.73 Å². The first-order valence-electron chi connectivity index (χ1n) is 10.1. The first kappa shape index (κ1) is 20.8. The summed E-state index contributed by atoms with van der Waals surface area (Å²) in [4.78, 5) is 19.5. The number of nitrogens with one attached hydrogen (secondary N) is 1. The summed E-state index contributed by atoms with van der Waals surface area (Å²) >= 11 is 0. The quantitative estimate of drug-likeness (QED) is 0.582. The zero-order valence-corrected chi connectivity index (χ0v) is 17.8. The van der Waals surface area contributed by atoms with Crippen LogP contribution in [0, 0.1) is 13.8 Å². The minimum absolute atomic E-state index is 0.135. The monoisotopic (exact) mass is 391 g/mol. The van der Waals surface area contributed by atoms with Gasteiger partial charge in [0.2, 0.25) is 5.89 Å². The topological polar surface area (TPSA) is 58.4 Å². The number of oxazole rings is 1. The molecule has 0 unspecified atom stereocenters. The molecule has 0 saturated heterocycles. The predicted octanol–water partition coefficient (Wildman–Crippen LogP) is 5.44. The second-order valence-corrected chi connectivity index (χ2v) is 7.55. The molecule has 1 aromatic heterocycles. The van der Waals surface area contributed by atoms with Crippen LogP contribution in [0.4, 0.5) is 5.69 Å². The lowest BCUT2D eigenvalue weighted by atomic mass is 10.1. The van der Waals surface area contributed by atoms with Gasteiger partial charge in [0.1, 0.15) is 5.76 Å². The molecule has 0 aliphatic heterocycles. The average molecular weight is 392 g/mol. The number of benzene rings is 2. The van der Waals surface area contributed by atoms with Crippen LogP contribution < -0.4 is 5.32 Å². The Hall–Kier alpha value is -2.92. The third kappa shape index (κ3) is 5.12. The number of anilines is 1. The highest BCUT2D eigenvalue weighted by atomic mass is 16.4. The summed E-state index contributed by atoms with van der Waals surface area (Å²) in [5, 5.41) is 2.96. The van der Waals surface area contributed by atoms with Crippen molar-refractivity contribution < 1.29 is 9.21 Å². The molecular formula is C24H29N3O2. The maximum atomic E-state index is 12.7. The van der Waals surface area contributed by atoms with E-state index in [0.717, 1.165) is 30.1 Å². The van der Waals surface area contributed by atoms with Crippen molar-refractivity contribution in [1.82, 2.24) is 9.88 Å². The van der Waals surface area contributed by atoms with Gasteiger partial charge in [-0.1, -0.05) is 25.1 Å². The Morgan fingerprint density at radius 1 is 1.14 bits per heavy atom. The Labute approximate surface area is 172 Å². The van der Waals surface area contributed by atoms with Crippen LogP contribution in [0.2, 0.25) is 0 Å². The number of carbonyl (C=O) groups excluding carboxylic acids is 1. The molecule has 3 aromatic rings. The van der Waals surface area contributed by atoms with E-state index in [1.54, 1.807) is 0 Å². The Kier molecular flexibility index (Phi) is 6.49. The van der Waals surface area contributed by atoms with E-state index in [1.807, 2.05) is 62.4 Å². The van der Waals surface area contributed by atoms with Gasteiger partial charge in [0.25, 0.3) is 5.91 Å². The van der Waals surface area contributed by atoms with Crippen molar-refractivity contribution in [2.45, 2.75) is 47.2 Å². The summed E-state index contributed by atoms with van der Waals surface area (Å²) in [7, 11) is 0. The lowest BCUT2D eigenvalue weighted by Gasteiger charge is -2.24. The van der Waals surface area contributed by atoms with E-state index in [9.17, 15) is 4.79 Å². The standard InChI is InChI=1S/C24H29N3O2/c1-6-27(16(2)3)15-19-10-12-20(13-11-19)23(28)26-22-9-7-8-21(14-22)24-25-17(4)18(5)29-24/h7-14,16H,6,15H2,1-5H3,(H,26,28). The molecule has 2 aromatic carbocycles. The van der Waals surface area contributed by atoms with Gasteiger partial charge >= 0.3 is 0 Å².